The minimum Gasteiger partial charge on any atom is -0.325 e. The van der Waals surface area contributed by atoms with Gasteiger partial charge >= 0.3 is 5.69 Å². The monoisotopic (exact) mass is 382 g/mol. The topological polar surface area (TPSA) is 79.8 Å². The molecule has 1 aromatic heterocycles. The summed E-state index contributed by atoms with van der Waals surface area (Å²) in [6.07, 6.45) is 1.99. The number of carbonyl (C=O) groups is 1. The lowest BCUT2D eigenvalue weighted by Crippen LogP contribution is -2.23. The zero-order valence-corrected chi connectivity index (χ0v) is 14.3. The Hall–Kier alpha value is -1.54. The number of hydrogen-bond acceptors (Lipinski definition) is 4. The van der Waals surface area contributed by atoms with Gasteiger partial charge in [0, 0.05) is 16.2 Å². The van der Waals surface area contributed by atoms with E-state index in [1.54, 1.807) is 11.5 Å². The van der Waals surface area contributed by atoms with E-state index in [-0.39, 0.29) is 22.9 Å². The molecule has 1 saturated carbocycles. The van der Waals surface area contributed by atoms with Crippen molar-refractivity contribution in [2.24, 2.45) is 0 Å². The number of hydrogen-bond donors (Lipinski definition) is 2. The highest BCUT2D eigenvalue weighted by Crippen LogP contribution is 2.36. The molecule has 2 aromatic rings. The SMILES string of the molecule is C[C@H](Sc1n[nH]c(=O)n1C1CC1)C(=O)Nc1ccc(Br)cc1. The molecule has 0 unspecified atom stereocenters. The average Bonchev–Trinajstić information content (AvgIpc) is 3.26. The number of thioether (sulfide) groups is 1. The van der Waals surface area contributed by atoms with Crippen LogP contribution in [0.1, 0.15) is 25.8 Å². The van der Waals surface area contributed by atoms with Crippen molar-refractivity contribution < 1.29 is 4.79 Å². The summed E-state index contributed by atoms with van der Waals surface area (Å²) in [6.45, 7) is 1.80. The van der Waals surface area contributed by atoms with Gasteiger partial charge in [0.2, 0.25) is 5.91 Å². The summed E-state index contributed by atoms with van der Waals surface area (Å²) in [5, 5.41) is 9.56. The predicted molar refractivity (Wildman–Crippen MR) is 89.2 cm³/mol. The molecule has 1 aliphatic rings. The van der Waals surface area contributed by atoms with Crippen LogP contribution in [0.3, 0.4) is 0 Å². The number of nitrogens with zero attached hydrogens (tertiary/aromatic N) is 2. The zero-order valence-electron chi connectivity index (χ0n) is 11.9. The maximum absolute atomic E-state index is 12.2. The highest BCUT2D eigenvalue weighted by molar-refractivity contribution is 9.10. The summed E-state index contributed by atoms with van der Waals surface area (Å²) < 4.78 is 2.60. The lowest BCUT2D eigenvalue weighted by atomic mass is 10.3. The highest BCUT2D eigenvalue weighted by Gasteiger charge is 2.30. The van der Waals surface area contributed by atoms with Crippen molar-refractivity contribution in [2.75, 3.05) is 5.32 Å². The molecule has 22 heavy (non-hydrogen) atoms. The molecule has 116 valence electrons. The van der Waals surface area contributed by atoms with E-state index in [1.165, 1.54) is 11.8 Å². The number of amides is 1. The molecule has 8 heteroatoms. The predicted octanol–water partition coefficient (Wildman–Crippen LogP) is 2.79. The number of nitrogens with one attached hydrogen (secondary N) is 2. The van der Waals surface area contributed by atoms with E-state index in [0.717, 1.165) is 23.0 Å². The number of anilines is 1. The van der Waals surface area contributed by atoms with Crippen LogP contribution >= 0.6 is 27.7 Å². The summed E-state index contributed by atoms with van der Waals surface area (Å²) in [5.41, 5.74) is 0.535. The van der Waals surface area contributed by atoms with Gasteiger partial charge in [-0.05, 0) is 44.0 Å². The number of halogens is 1. The summed E-state index contributed by atoms with van der Waals surface area (Å²) in [5.74, 6) is -0.120. The van der Waals surface area contributed by atoms with Crippen LogP contribution in [-0.4, -0.2) is 25.9 Å². The van der Waals surface area contributed by atoms with Gasteiger partial charge in [0.1, 0.15) is 0 Å². The molecular weight excluding hydrogens is 368 g/mol. The molecule has 0 aliphatic heterocycles. The van der Waals surface area contributed by atoms with E-state index in [0.29, 0.717) is 5.16 Å². The molecular formula is C14H15BrN4O2S. The van der Waals surface area contributed by atoms with E-state index in [1.807, 2.05) is 24.3 Å². The fourth-order valence-corrected chi connectivity index (χ4v) is 3.21. The average molecular weight is 383 g/mol. The molecule has 1 amide bonds. The van der Waals surface area contributed by atoms with Crippen LogP contribution in [0.4, 0.5) is 5.69 Å². The van der Waals surface area contributed by atoms with Gasteiger partial charge in [0.05, 0.1) is 5.25 Å². The Morgan fingerprint density at radius 3 is 2.77 bits per heavy atom. The van der Waals surface area contributed by atoms with E-state index < -0.39 is 0 Å². The maximum Gasteiger partial charge on any atom is 0.344 e. The Morgan fingerprint density at radius 2 is 2.14 bits per heavy atom. The highest BCUT2D eigenvalue weighted by atomic mass is 79.9. The molecule has 6 nitrogen and oxygen atoms in total. The van der Waals surface area contributed by atoms with Crippen LogP contribution in [0.2, 0.25) is 0 Å². The normalized spacial score (nSPS) is 15.5. The fourth-order valence-electron chi connectivity index (χ4n) is 2.02. The molecule has 1 aliphatic carbocycles. The Balaban J connectivity index is 1.66. The Kier molecular flexibility index (Phi) is 4.39. The summed E-state index contributed by atoms with van der Waals surface area (Å²) in [4.78, 5) is 24.0. The first kappa shape index (κ1) is 15.4. The number of aromatic amines is 1. The van der Waals surface area contributed by atoms with Gasteiger partial charge in [0.25, 0.3) is 0 Å². The summed E-state index contributed by atoms with van der Waals surface area (Å²) in [7, 11) is 0. The maximum atomic E-state index is 12.2. The van der Waals surface area contributed by atoms with Crippen molar-refractivity contribution in [3.05, 3.63) is 39.2 Å². The number of aromatic nitrogens is 3. The Morgan fingerprint density at radius 1 is 1.45 bits per heavy atom. The fraction of sp³-hybridized carbons (Fsp3) is 0.357. The zero-order chi connectivity index (χ0) is 15.7. The van der Waals surface area contributed by atoms with E-state index in [2.05, 4.69) is 31.4 Å². The van der Waals surface area contributed by atoms with Gasteiger partial charge in [0.15, 0.2) is 5.16 Å². The van der Waals surface area contributed by atoms with Crippen LogP contribution in [0.25, 0.3) is 0 Å². The molecule has 0 spiro atoms. The number of H-pyrrole nitrogens is 1. The quantitative estimate of drug-likeness (QED) is 0.779. The van der Waals surface area contributed by atoms with Crippen LogP contribution in [0, 0.1) is 0 Å². The Labute approximate surface area is 139 Å². The van der Waals surface area contributed by atoms with E-state index >= 15 is 0 Å². The van der Waals surface area contributed by atoms with Crippen LogP contribution < -0.4 is 11.0 Å². The van der Waals surface area contributed by atoms with Gasteiger partial charge in [-0.3, -0.25) is 9.36 Å². The van der Waals surface area contributed by atoms with Gasteiger partial charge < -0.3 is 5.32 Å². The van der Waals surface area contributed by atoms with Gasteiger partial charge in [-0.25, -0.2) is 9.89 Å². The van der Waals surface area contributed by atoms with Crippen LogP contribution in [0.5, 0.6) is 0 Å². The summed E-state index contributed by atoms with van der Waals surface area (Å²) >= 11 is 4.64. The number of carbonyl (C=O) groups excluding carboxylic acids is 1. The van der Waals surface area contributed by atoms with E-state index in [4.69, 9.17) is 0 Å². The second-order valence-corrected chi connectivity index (χ2v) is 7.39. The third kappa shape index (κ3) is 3.44. The standard InChI is InChI=1S/C14H15BrN4O2S/c1-8(12(20)16-10-4-2-9(15)3-5-10)22-14-18-17-13(21)19(14)11-6-7-11/h2-5,8,11H,6-7H2,1H3,(H,16,20)(H,17,21)/t8-/m0/s1. The lowest BCUT2D eigenvalue weighted by Gasteiger charge is -2.12. The molecule has 2 N–H and O–H groups in total. The third-order valence-electron chi connectivity index (χ3n) is 3.35. The third-order valence-corrected chi connectivity index (χ3v) is 4.94. The summed E-state index contributed by atoms with van der Waals surface area (Å²) in [6, 6.07) is 7.62. The smallest absolute Gasteiger partial charge is 0.325 e. The van der Waals surface area contributed by atoms with Crippen molar-refractivity contribution in [2.45, 2.75) is 36.2 Å². The van der Waals surface area contributed by atoms with Crippen molar-refractivity contribution in [3.8, 4) is 0 Å². The molecule has 1 heterocycles. The first-order valence-electron chi connectivity index (χ1n) is 6.94. The molecule has 1 atom stereocenters. The van der Waals surface area contributed by atoms with E-state index in [9.17, 15) is 9.59 Å². The lowest BCUT2D eigenvalue weighted by molar-refractivity contribution is -0.115. The van der Waals surface area contributed by atoms with Crippen LogP contribution in [0.15, 0.2) is 38.7 Å². The van der Waals surface area contributed by atoms with Crippen molar-refractivity contribution in [1.29, 1.82) is 0 Å². The first-order chi connectivity index (χ1) is 10.5. The minimum atomic E-state index is -0.351. The van der Waals surface area contributed by atoms with Crippen molar-refractivity contribution in [1.82, 2.24) is 14.8 Å². The van der Waals surface area contributed by atoms with Crippen molar-refractivity contribution in [3.63, 3.8) is 0 Å². The molecule has 0 saturated heterocycles. The molecule has 1 aromatic carbocycles. The van der Waals surface area contributed by atoms with Crippen molar-refractivity contribution >= 4 is 39.3 Å². The van der Waals surface area contributed by atoms with Gasteiger partial charge in [-0.1, -0.05) is 27.7 Å². The molecule has 0 radical (unpaired) electrons. The molecule has 1 fully saturated rings. The number of benzene rings is 1. The first-order valence-corrected chi connectivity index (χ1v) is 8.62. The molecule has 3 rings (SSSR count). The second-order valence-electron chi connectivity index (χ2n) is 5.17. The van der Waals surface area contributed by atoms with Gasteiger partial charge in [-0.2, -0.15) is 0 Å². The van der Waals surface area contributed by atoms with Crippen LogP contribution in [-0.2, 0) is 4.79 Å². The largest absolute Gasteiger partial charge is 0.344 e. The molecule has 0 bridgehead atoms. The minimum absolute atomic E-state index is 0.120. The number of rotatable bonds is 5. The Bertz CT molecular complexity index is 736. The second kappa shape index (κ2) is 6.29. The van der Waals surface area contributed by atoms with Gasteiger partial charge in [-0.15, -0.1) is 5.10 Å².